The lowest BCUT2D eigenvalue weighted by molar-refractivity contribution is 0.145. The molecule has 4 rings (SSSR count). The van der Waals surface area contributed by atoms with Crippen LogP contribution in [0.15, 0.2) is 42.7 Å². The summed E-state index contributed by atoms with van der Waals surface area (Å²) in [4.78, 5) is 13.5. The van der Waals surface area contributed by atoms with Crippen LogP contribution in [-0.2, 0) is 6.54 Å². The molecule has 1 aromatic carbocycles. The quantitative estimate of drug-likeness (QED) is 0.680. The molecular weight excluding hydrogens is 328 g/mol. The molecule has 1 aliphatic carbocycles. The molecule has 1 saturated carbocycles. The maximum absolute atomic E-state index is 10.0. The van der Waals surface area contributed by atoms with Crippen LogP contribution in [0.3, 0.4) is 0 Å². The van der Waals surface area contributed by atoms with Crippen molar-refractivity contribution in [3.63, 3.8) is 0 Å². The molecule has 7 heteroatoms. The van der Waals surface area contributed by atoms with Crippen molar-refractivity contribution in [2.75, 3.05) is 5.32 Å². The van der Waals surface area contributed by atoms with Crippen molar-refractivity contribution in [3.8, 4) is 11.4 Å². The van der Waals surface area contributed by atoms with Crippen LogP contribution in [0, 0.1) is 0 Å². The Balaban J connectivity index is 1.58. The minimum absolute atomic E-state index is 0.426. The second-order valence-corrected chi connectivity index (χ2v) is 6.60. The van der Waals surface area contributed by atoms with Crippen molar-refractivity contribution < 1.29 is 5.11 Å². The molecule has 1 aliphatic rings. The predicted molar refractivity (Wildman–Crippen MR) is 99.0 cm³/mol. The van der Waals surface area contributed by atoms with Crippen LogP contribution in [0.25, 0.3) is 11.4 Å². The third-order valence-electron chi connectivity index (χ3n) is 4.43. The minimum Gasteiger partial charge on any atom is -0.391 e. The number of aromatic nitrogens is 5. The Kier molecular flexibility index (Phi) is 4.62. The monoisotopic (exact) mass is 350 g/mol. The SMILES string of the molecule is CC[C@@H](O)Cn1nc(C2CC2)nc1-c1cnc(Nc2ccccc2)nc1. The summed E-state index contributed by atoms with van der Waals surface area (Å²) in [6.07, 6.45) is 5.99. The molecule has 26 heavy (non-hydrogen) atoms. The topological polar surface area (TPSA) is 88.8 Å². The molecule has 0 amide bonds. The van der Waals surface area contributed by atoms with Crippen LogP contribution in [0.4, 0.5) is 11.6 Å². The van der Waals surface area contributed by atoms with Crippen molar-refractivity contribution in [1.29, 1.82) is 0 Å². The van der Waals surface area contributed by atoms with Gasteiger partial charge in [-0.1, -0.05) is 25.1 Å². The number of para-hydroxylation sites is 1. The van der Waals surface area contributed by atoms with Gasteiger partial charge in [0.1, 0.15) is 0 Å². The first-order chi connectivity index (χ1) is 12.7. The van der Waals surface area contributed by atoms with Gasteiger partial charge in [-0.15, -0.1) is 0 Å². The summed E-state index contributed by atoms with van der Waals surface area (Å²) in [5.74, 6) is 2.55. The Hall–Kier alpha value is -2.80. The molecule has 0 radical (unpaired) electrons. The molecule has 1 fully saturated rings. The molecule has 2 N–H and O–H groups in total. The summed E-state index contributed by atoms with van der Waals surface area (Å²) in [5, 5.41) is 17.8. The van der Waals surface area contributed by atoms with Gasteiger partial charge < -0.3 is 10.4 Å². The molecule has 0 aliphatic heterocycles. The van der Waals surface area contributed by atoms with E-state index in [1.807, 2.05) is 37.3 Å². The average molecular weight is 350 g/mol. The summed E-state index contributed by atoms with van der Waals surface area (Å²) >= 11 is 0. The van der Waals surface area contributed by atoms with E-state index in [0.717, 1.165) is 29.9 Å². The van der Waals surface area contributed by atoms with Crippen molar-refractivity contribution in [2.45, 2.75) is 44.8 Å². The van der Waals surface area contributed by atoms with Crippen LogP contribution in [-0.4, -0.2) is 35.9 Å². The number of hydrogen-bond acceptors (Lipinski definition) is 6. The van der Waals surface area contributed by atoms with Gasteiger partial charge in [-0.2, -0.15) is 5.10 Å². The van der Waals surface area contributed by atoms with E-state index < -0.39 is 6.10 Å². The van der Waals surface area contributed by atoms with E-state index in [0.29, 0.717) is 30.7 Å². The Morgan fingerprint density at radius 1 is 1.19 bits per heavy atom. The normalized spacial score (nSPS) is 15.0. The highest BCUT2D eigenvalue weighted by Gasteiger charge is 2.29. The molecule has 134 valence electrons. The molecule has 0 unspecified atom stereocenters. The highest BCUT2D eigenvalue weighted by Crippen LogP contribution is 2.38. The van der Waals surface area contributed by atoms with Crippen LogP contribution in [0.5, 0.6) is 0 Å². The number of nitrogens with zero attached hydrogens (tertiary/aromatic N) is 5. The van der Waals surface area contributed by atoms with Crippen LogP contribution < -0.4 is 5.32 Å². The first-order valence-electron chi connectivity index (χ1n) is 9.00. The maximum atomic E-state index is 10.0. The highest BCUT2D eigenvalue weighted by atomic mass is 16.3. The molecule has 7 nitrogen and oxygen atoms in total. The predicted octanol–water partition coefficient (Wildman–Crippen LogP) is 3.13. The van der Waals surface area contributed by atoms with Crippen LogP contribution in [0.1, 0.15) is 37.9 Å². The maximum Gasteiger partial charge on any atom is 0.227 e. The number of nitrogens with one attached hydrogen (secondary N) is 1. The van der Waals surface area contributed by atoms with Gasteiger partial charge in [0.2, 0.25) is 5.95 Å². The lowest BCUT2D eigenvalue weighted by Crippen LogP contribution is -2.17. The van der Waals surface area contributed by atoms with Gasteiger partial charge in [0.15, 0.2) is 11.6 Å². The second-order valence-electron chi connectivity index (χ2n) is 6.60. The smallest absolute Gasteiger partial charge is 0.227 e. The number of benzene rings is 1. The first-order valence-corrected chi connectivity index (χ1v) is 9.00. The number of anilines is 2. The number of hydrogen-bond donors (Lipinski definition) is 2. The molecule has 2 aromatic heterocycles. The van der Waals surface area contributed by atoms with E-state index in [1.165, 1.54) is 0 Å². The fourth-order valence-electron chi connectivity index (χ4n) is 2.70. The second kappa shape index (κ2) is 7.21. The van der Waals surface area contributed by atoms with Gasteiger partial charge in [0.05, 0.1) is 18.2 Å². The van der Waals surface area contributed by atoms with E-state index in [2.05, 4.69) is 25.4 Å². The van der Waals surface area contributed by atoms with Crippen LogP contribution in [0.2, 0.25) is 0 Å². The van der Waals surface area contributed by atoms with Crippen LogP contribution >= 0.6 is 0 Å². The van der Waals surface area contributed by atoms with Gasteiger partial charge in [-0.05, 0) is 31.4 Å². The van der Waals surface area contributed by atoms with Crippen molar-refractivity contribution in [2.24, 2.45) is 0 Å². The number of aliphatic hydroxyl groups is 1. The minimum atomic E-state index is -0.442. The van der Waals surface area contributed by atoms with Gasteiger partial charge in [0, 0.05) is 24.0 Å². The largest absolute Gasteiger partial charge is 0.391 e. The summed E-state index contributed by atoms with van der Waals surface area (Å²) < 4.78 is 1.78. The number of aliphatic hydroxyl groups excluding tert-OH is 1. The van der Waals surface area contributed by atoms with Crippen molar-refractivity contribution >= 4 is 11.6 Å². The zero-order valence-corrected chi connectivity index (χ0v) is 14.7. The Morgan fingerprint density at radius 2 is 1.92 bits per heavy atom. The molecule has 0 bridgehead atoms. The van der Waals surface area contributed by atoms with E-state index >= 15 is 0 Å². The molecule has 0 saturated heterocycles. The molecule has 3 aromatic rings. The van der Waals surface area contributed by atoms with Gasteiger partial charge in [-0.3, -0.25) is 0 Å². The average Bonchev–Trinajstić information content (AvgIpc) is 3.44. The first kappa shape index (κ1) is 16.7. The zero-order valence-electron chi connectivity index (χ0n) is 14.7. The number of rotatable bonds is 7. The summed E-state index contributed by atoms with van der Waals surface area (Å²) in [6.45, 7) is 2.38. The third kappa shape index (κ3) is 3.72. The third-order valence-corrected chi connectivity index (χ3v) is 4.43. The standard InChI is InChI=1S/C19H22N6O/c1-2-16(26)12-25-18(23-17(24-25)13-8-9-13)14-10-20-19(21-11-14)22-15-6-4-3-5-7-15/h3-7,10-11,13,16,26H,2,8-9,12H2,1H3,(H,20,21,22)/t16-/m1/s1. The Labute approximate surface area is 152 Å². The van der Waals surface area contributed by atoms with Crippen molar-refractivity contribution in [3.05, 3.63) is 48.5 Å². The zero-order chi connectivity index (χ0) is 17.9. The fourth-order valence-corrected chi connectivity index (χ4v) is 2.70. The molecule has 0 spiro atoms. The Morgan fingerprint density at radius 3 is 2.58 bits per heavy atom. The Bertz CT molecular complexity index is 857. The lowest BCUT2D eigenvalue weighted by Gasteiger charge is -2.10. The molecule has 1 atom stereocenters. The van der Waals surface area contributed by atoms with E-state index in [4.69, 9.17) is 0 Å². The fraction of sp³-hybridized carbons (Fsp3) is 0.368. The van der Waals surface area contributed by atoms with Gasteiger partial charge in [0.25, 0.3) is 0 Å². The molecular formula is C19H22N6O. The highest BCUT2D eigenvalue weighted by molar-refractivity contribution is 5.57. The lowest BCUT2D eigenvalue weighted by atomic mass is 10.2. The van der Waals surface area contributed by atoms with Gasteiger partial charge >= 0.3 is 0 Å². The van der Waals surface area contributed by atoms with E-state index in [-0.39, 0.29) is 0 Å². The van der Waals surface area contributed by atoms with E-state index in [9.17, 15) is 5.11 Å². The van der Waals surface area contributed by atoms with Gasteiger partial charge in [-0.25, -0.2) is 19.6 Å². The summed E-state index contributed by atoms with van der Waals surface area (Å²) in [5.41, 5.74) is 1.73. The molecule has 2 heterocycles. The summed E-state index contributed by atoms with van der Waals surface area (Å²) in [6, 6.07) is 9.79. The van der Waals surface area contributed by atoms with E-state index in [1.54, 1.807) is 17.1 Å². The summed E-state index contributed by atoms with van der Waals surface area (Å²) in [7, 11) is 0. The van der Waals surface area contributed by atoms with Crippen molar-refractivity contribution in [1.82, 2.24) is 24.7 Å².